The molecular formula is C25H25NO6. The van der Waals surface area contributed by atoms with Crippen LogP contribution in [0.15, 0.2) is 59.5 Å². The zero-order valence-electron chi connectivity index (χ0n) is 18.2. The Labute approximate surface area is 185 Å². The van der Waals surface area contributed by atoms with Gasteiger partial charge in [-0.25, -0.2) is 4.79 Å². The summed E-state index contributed by atoms with van der Waals surface area (Å²) in [6.07, 6.45) is 0.686. The first-order chi connectivity index (χ1) is 15.2. The van der Waals surface area contributed by atoms with Crippen molar-refractivity contribution in [3.63, 3.8) is 0 Å². The van der Waals surface area contributed by atoms with Crippen molar-refractivity contribution in [3.05, 3.63) is 81.6 Å². The minimum absolute atomic E-state index is 0.00816. The fourth-order valence-electron chi connectivity index (χ4n) is 3.58. The molecule has 0 radical (unpaired) electrons. The van der Waals surface area contributed by atoms with E-state index in [0.29, 0.717) is 29.4 Å². The summed E-state index contributed by atoms with van der Waals surface area (Å²) in [7, 11) is 0. The van der Waals surface area contributed by atoms with Gasteiger partial charge < -0.3 is 24.3 Å². The molecule has 7 heteroatoms. The van der Waals surface area contributed by atoms with Crippen molar-refractivity contribution in [2.45, 2.75) is 27.0 Å². The van der Waals surface area contributed by atoms with Gasteiger partial charge >= 0.3 is 5.97 Å². The van der Waals surface area contributed by atoms with Crippen LogP contribution in [0, 0.1) is 12.3 Å². The molecule has 2 aromatic carbocycles. The second kappa shape index (κ2) is 8.16. The molecule has 1 aliphatic rings. The van der Waals surface area contributed by atoms with Crippen LogP contribution in [-0.4, -0.2) is 34.0 Å². The minimum Gasteiger partial charge on any atom is -0.493 e. The Balaban J connectivity index is 1.86. The SMILES string of the molecule is Cc1cc2c(cc1OCC(C)(C)CO)OC(c1ccccc1)n1cc(C(=O)O)c(=O)cc1-2. The summed E-state index contributed by atoms with van der Waals surface area (Å²) in [4.78, 5) is 24.1. The summed E-state index contributed by atoms with van der Waals surface area (Å²) in [6, 6.07) is 14.4. The number of pyridine rings is 1. The van der Waals surface area contributed by atoms with Gasteiger partial charge in [-0.15, -0.1) is 0 Å². The molecule has 0 saturated heterocycles. The topological polar surface area (TPSA) is 98.0 Å². The van der Waals surface area contributed by atoms with Crippen LogP contribution in [0.1, 0.15) is 41.6 Å². The molecule has 166 valence electrons. The van der Waals surface area contributed by atoms with E-state index in [4.69, 9.17) is 9.47 Å². The van der Waals surface area contributed by atoms with E-state index >= 15 is 0 Å². The van der Waals surface area contributed by atoms with E-state index < -0.39 is 23.0 Å². The van der Waals surface area contributed by atoms with E-state index in [1.54, 1.807) is 10.6 Å². The van der Waals surface area contributed by atoms with Crippen LogP contribution >= 0.6 is 0 Å². The number of aliphatic hydroxyl groups is 1. The molecule has 1 aromatic heterocycles. The van der Waals surface area contributed by atoms with E-state index in [-0.39, 0.29) is 12.2 Å². The Bertz CT molecular complexity index is 1230. The van der Waals surface area contributed by atoms with Crippen molar-refractivity contribution < 1.29 is 24.5 Å². The third-order valence-electron chi connectivity index (χ3n) is 5.49. The van der Waals surface area contributed by atoms with Gasteiger partial charge in [-0.3, -0.25) is 4.79 Å². The maximum absolute atomic E-state index is 12.5. The Kier molecular flexibility index (Phi) is 5.52. The predicted molar refractivity (Wildman–Crippen MR) is 119 cm³/mol. The van der Waals surface area contributed by atoms with Gasteiger partial charge in [0, 0.05) is 34.9 Å². The molecule has 7 nitrogen and oxygen atoms in total. The highest BCUT2D eigenvalue weighted by Gasteiger charge is 2.29. The summed E-state index contributed by atoms with van der Waals surface area (Å²) in [5.41, 5.74) is 1.61. The van der Waals surface area contributed by atoms with E-state index in [9.17, 15) is 19.8 Å². The van der Waals surface area contributed by atoms with E-state index in [1.165, 1.54) is 12.3 Å². The van der Waals surface area contributed by atoms with Crippen molar-refractivity contribution in [2.75, 3.05) is 13.2 Å². The first kappa shape index (κ1) is 21.6. The number of hydrogen-bond acceptors (Lipinski definition) is 5. The zero-order valence-corrected chi connectivity index (χ0v) is 18.2. The third kappa shape index (κ3) is 3.99. The highest BCUT2D eigenvalue weighted by molar-refractivity contribution is 5.88. The number of carboxylic acids is 1. The first-order valence-electron chi connectivity index (χ1n) is 10.3. The van der Waals surface area contributed by atoms with Crippen molar-refractivity contribution in [3.8, 4) is 22.8 Å². The lowest BCUT2D eigenvalue weighted by Crippen LogP contribution is -2.28. The molecule has 1 aliphatic heterocycles. The third-order valence-corrected chi connectivity index (χ3v) is 5.49. The van der Waals surface area contributed by atoms with Gasteiger partial charge in [0.2, 0.25) is 6.23 Å². The molecule has 2 heterocycles. The molecule has 3 aromatic rings. The van der Waals surface area contributed by atoms with Crippen LogP contribution in [0.3, 0.4) is 0 Å². The number of carbonyl (C=O) groups is 1. The number of aromatic carboxylic acids is 1. The molecule has 32 heavy (non-hydrogen) atoms. The Morgan fingerprint density at radius 2 is 1.91 bits per heavy atom. The van der Waals surface area contributed by atoms with Crippen molar-refractivity contribution in [1.82, 2.24) is 4.57 Å². The standard InChI is InChI=1S/C25H25NO6/c1-15-9-17-19-10-20(28)18(24(29)30)12-26(19)23(16-7-5-4-6-8-16)32-22(17)11-21(15)31-14-25(2,3)13-27/h4-12,23,27H,13-14H2,1-3H3,(H,29,30). The summed E-state index contributed by atoms with van der Waals surface area (Å²) < 4.78 is 14.0. The number of rotatable bonds is 6. The van der Waals surface area contributed by atoms with E-state index in [0.717, 1.165) is 11.1 Å². The Hall–Kier alpha value is -3.58. The number of benzene rings is 2. The second-order valence-electron chi connectivity index (χ2n) is 8.75. The van der Waals surface area contributed by atoms with E-state index in [1.807, 2.05) is 57.2 Å². The molecule has 0 fully saturated rings. The number of aliphatic hydroxyl groups excluding tert-OH is 1. The van der Waals surface area contributed by atoms with Crippen LogP contribution in [0.5, 0.6) is 11.5 Å². The van der Waals surface area contributed by atoms with Crippen LogP contribution in [-0.2, 0) is 0 Å². The molecular weight excluding hydrogens is 410 g/mol. The number of carboxylic acid groups (broad SMARTS) is 1. The van der Waals surface area contributed by atoms with Crippen LogP contribution in [0.2, 0.25) is 0 Å². The second-order valence-corrected chi connectivity index (χ2v) is 8.75. The van der Waals surface area contributed by atoms with Crippen LogP contribution in [0.25, 0.3) is 11.3 Å². The maximum Gasteiger partial charge on any atom is 0.341 e. The van der Waals surface area contributed by atoms with Crippen LogP contribution < -0.4 is 14.9 Å². The smallest absolute Gasteiger partial charge is 0.341 e. The van der Waals surface area contributed by atoms with Gasteiger partial charge in [-0.05, 0) is 18.6 Å². The van der Waals surface area contributed by atoms with Gasteiger partial charge in [0.25, 0.3) is 0 Å². The number of fused-ring (bicyclic) bond motifs is 3. The summed E-state index contributed by atoms with van der Waals surface area (Å²) >= 11 is 0. The fourth-order valence-corrected chi connectivity index (χ4v) is 3.58. The molecule has 0 saturated carbocycles. The lowest BCUT2D eigenvalue weighted by molar-refractivity contribution is 0.0693. The number of ether oxygens (including phenoxy) is 2. The zero-order chi connectivity index (χ0) is 23.0. The molecule has 0 bridgehead atoms. The van der Waals surface area contributed by atoms with Crippen LogP contribution in [0.4, 0.5) is 0 Å². The fraction of sp³-hybridized carbons (Fsp3) is 0.280. The molecule has 0 spiro atoms. The normalized spacial score (nSPS) is 14.8. The lowest BCUT2D eigenvalue weighted by atomic mass is 9.96. The van der Waals surface area contributed by atoms with Crippen molar-refractivity contribution in [1.29, 1.82) is 0 Å². The largest absolute Gasteiger partial charge is 0.493 e. The average molecular weight is 435 g/mol. The van der Waals surface area contributed by atoms with Gasteiger partial charge in [0.05, 0.1) is 18.9 Å². The number of aryl methyl sites for hydroxylation is 1. The monoisotopic (exact) mass is 435 g/mol. The first-order valence-corrected chi connectivity index (χ1v) is 10.3. The van der Waals surface area contributed by atoms with E-state index in [2.05, 4.69) is 0 Å². The van der Waals surface area contributed by atoms with Gasteiger partial charge in [0.1, 0.15) is 17.1 Å². The van der Waals surface area contributed by atoms with Gasteiger partial charge in [0.15, 0.2) is 5.43 Å². The molecule has 4 rings (SSSR count). The summed E-state index contributed by atoms with van der Waals surface area (Å²) in [5.74, 6) is -0.131. The molecule has 0 amide bonds. The molecule has 0 aliphatic carbocycles. The van der Waals surface area contributed by atoms with Crippen molar-refractivity contribution in [2.24, 2.45) is 5.41 Å². The van der Waals surface area contributed by atoms with Gasteiger partial charge in [-0.2, -0.15) is 0 Å². The summed E-state index contributed by atoms with van der Waals surface area (Å²) in [6.45, 7) is 6.02. The van der Waals surface area contributed by atoms with Gasteiger partial charge in [-0.1, -0.05) is 44.2 Å². The lowest BCUT2D eigenvalue weighted by Gasteiger charge is -2.32. The average Bonchev–Trinajstić information content (AvgIpc) is 2.77. The quantitative estimate of drug-likeness (QED) is 0.610. The summed E-state index contributed by atoms with van der Waals surface area (Å²) in [5, 5.41) is 19.0. The number of aromatic nitrogens is 1. The molecule has 2 N–H and O–H groups in total. The predicted octanol–water partition coefficient (Wildman–Crippen LogP) is 3.86. The van der Waals surface area contributed by atoms with Crippen molar-refractivity contribution >= 4 is 5.97 Å². The number of hydrogen-bond donors (Lipinski definition) is 2. The highest BCUT2D eigenvalue weighted by Crippen LogP contribution is 2.43. The number of nitrogens with zero attached hydrogens (tertiary/aromatic N) is 1. The minimum atomic E-state index is -1.28. The Morgan fingerprint density at radius 1 is 1.19 bits per heavy atom. The molecule has 1 unspecified atom stereocenters. The Morgan fingerprint density at radius 3 is 2.56 bits per heavy atom. The molecule has 1 atom stereocenters. The maximum atomic E-state index is 12.5. The highest BCUT2D eigenvalue weighted by atomic mass is 16.5.